The molecule has 0 heterocycles. The number of hydrogen-bond acceptors (Lipinski definition) is 2. The molecule has 0 fully saturated rings. The molecule has 90 valence electrons. The topological polar surface area (TPSA) is 37.4 Å². The predicted molar refractivity (Wildman–Crippen MR) is 57.5 cm³/mol. The Labute approximate surface area is 97.7 Å². The molecule has 0 bridgehead atoms. The number of halogens is 3. The summed E-state index contributed by atoms with van der Waals surface area (Å²) in [5.74, 6) is -1.49. The maximum Gasteiger partial charge on any atom is 0.228 e. The van der Waals surface area contributed by atoms with E-state index < -0.39 is 26.9 Å². The number of nitrogens with zero attached hydrogens (tertiary/aromatic N) is 1. The van der Waals surface area contributed by atoms with Crippen LogP contribution >= 0.6 is 11.6 Å². The van der Waals surface area contributed by atoms with Gasteiger partial charge in [0, 0.05) is 25.2 Å². The zero-order valence-electron chi connectivity index (χ0n) is 8.45. The first-order chi connectivity index (χ1) is 7.36. The zero-order valence-corrected chi connectivity index (χ0v) is 10.0. The summed E-state index contributed by atoms with van der Waals surface area (Å²) in [7, 11) is -2.31. The van der Waals surface area contributed by atoms with Crippen LogP contribution in [0.1, 0.15) is 5.56 Å². The fraction of sp³-hybridized carbons (Fsp3) is 0.333. The molecule has 7 heteroatoms. The van der Waals surface area contributed by atoms with Crippen LogP contribution in [-0.2, 0) is 16.6 Å². The standard InChI is InChI=1S/C9H10ClF2NO2S/c1-13(16(14,15)6-10)5-7-2-3-8(11)4-9(7)12/h2-4H,5-6H2,1H3. The Morgan fingerprint density at radius 1 is 1.38 bits per heavy atom. The number of hydrogen-bond donors (Lipinski definition) is 0. The van der Waals surface area contributed by atoms with Gasteiger partial charge in [0.25, 0.3) is 0 Å². The lowest BCUT2D eigenvalue weighted by atomic mass is 10.2. The molecule has 0 aliphatic rings. The largest absolute Gasteiger partial charge is 0.228 e. The van der Waals surface area contributed by atoms with E-state index in [1.807, 2.05) is 0 Å². The molecular weight excluding hydrogens is 260 g/mol. The molecule has 0 amide bonds. The van der Waals surface area contributed by atoms with Gasteiger partial charge in [0.2, 0.25) is 10.0 Å². The Morgan fingerprint density at radius 3 is 2.50 bits per heavy atom. The maximum absolute atomic E-state index is 13.2. The first kappa shape index (κ1) is 13.3. The Balaban J connectivity index is 2.89. The summed E-state index contributed by atoms with van der Waals surface area (Å²) in [5, 5.41) is -0.577. The minimum Gasteiger partial charge on any atom is -0.211 e. The van der Waals surface area contributed by atoms with Crippen molar-refractivity contribution in [2.75, 3.05) is 12.3 Å². The molecule has 0 saturated heterocycles. The van der Waals surface area contributed by atoms with Crippen molar-refractivity contribution in [2.45, 2.75) is 6.54 Å². The highest BCUT2D eigenvalue weighted by molar-refractivity contribution is 7.90. The molecule has 1 aromatic rings. The Bertz CT molecular complexity index is 478. The second-order valence-corrected chi connectivity index (χ2v) is 5.87. The Kier molecular flexibility index (Phi) is 4.23. The van der Waals surface area contributed by atoms with E-state index in [0.29, 0.717) is 6.07 Å². The summed E-state index contributed by atoms with van der Waals surface area (Å²) in [4.78, 5) is 0. The smallest absolute Gasteiger partial charge is 0.211 e. The molecule has 3 nitrogen and oxygen atoms in total. The minimum absolute atomic E-state index is 0.0950. The Hall–Kier alpha value is -0.720. The fourth-order valence-electron chi connectivity index (χ4n) is 1.07. The van der Waals surface area contributed by atoms with Gasteiger partial charge in [0.15, 0.2) is 0 Å². The van der Waals surface area contributed by atoms with E-state index in [1.165, 1.54) is 13.1 Å². The minimum atomic E-state index is -3.58. The van der Waals surface area contributed by atoms with Crippen molar-refractivity contribution < 1.29 is 17.2 Å². The maximum atomic E-state index is 13.2. The van der Waals surface area contributed by atoms with Crippen LogP contribution in [0.2, 0.25) is 0 Å². The van der Waals surface area contributed by atoms with Crippen molar-refractivity contribution in [3.8, 4) is 0 Å². The summed E-state index contributed by atoms with van der Waals surface area (Å²) in [5.41, 5.74) is 0.0950. The van der Waals surface area contributed by atoms with Crippen molar-refractivity contribution >= 4 is 21.6 Å². The van der Waals surface area contributed by atoms with E-state index in [2.05, 4.69) is 0 Å². The van der Waals surface area contributed by atoms with Crippen LogP contribution in [0.15, 0.2) is 18.2 Å². The zero-order chi connectivity index (χ0) is 12.3. The van der Waals surface area contributed by atoms with Crippen LogP contribution in [0.3, 0.4) is 0 Å². The highest BCUT2D eigenvalue weighted by Crippen LogP contribution is 2.13. The molecule has 0 aliphatic heterocycles. The van der Waals surface area contributed by atoms with Crippen molar-refractivity contribution in [2.24, 2.45) is 0 Å². The molecule has 1 rings (SSSR count). The molecule has 0 spiro atoms. The predicted octanol–water partition coefficient (Wildman–Crippen LogP) is 1.92. The lowest BCUT2D eigenvalue weighted by Crippen LogP contribution is -2.27. The van der Waals surface area contributed by atoms with Gasteiger partial charge < -0.3 is 0 Å². The van der Waals surface area contributed by atoms with Crippen molar-refractivity contribution in [3.63, 3.8) is 0 Å². The molecular formula is C9H10ClF2NO2S. The van der Waals surface area contributed by atoms with Gasteiger partial charge in [-0.25, -0.2) is 17.2 Å². The molecule has 0 unspecified atom stereocenters. The summed E-state index contributed by atoms with van der Waals surface area (Å²) >= 11 is 5.24. The van der Waals surface area contributed by atoms with Gasteiger partial charge in [-0.3, -0.25) is 0 Å². The normalized spacial score (nSPS) is 12.1. The SMILES string of the molecule is CN(Cc1ccc(F)cc1F)S(=O)(=O)CCl. The molecule has 0 atom stereocenters. The third-order valence-electron chi connectivity index (χ3n) is 2.02. The van der Waals surface area contributed by atoms with E-state index in [9.17, 15) is 17.2 Å². The fourth-order valence-corrected chi connectivity index (χ4v) is 2.07. The van der Waals surface area contributed by atoms with Crippen molar-refractivity contribution in [3.05, 3.63) is 35.4 Å². The number of sulfonamides is 1. The van der Waals surface area contributed by atoms with E-state index in [0.717, 1.165) is 10.4 Å². The van der Waals surface area contributed by atoms with Gasteiger partial charge in [-0.05, 0) is 6.07 Å². The lowest BCUT2D eigenvalue weighted by molar-refractivity contribution is 0.458. The quantitative estimate of drug-likeness (QED) is 0.783. The van der Waals surface area contributed by atoms with Crippen LogP contribution in [0.25, 0.3) is 0 Å². The summed E-state index contributed by atoms with van der Waals surface area (Å²) in [6, 6.07) is 2.97. The molecule has 1 aromatic carbocycles. The van der Waals surface area contributed by atoms with Gasteiger partial charge in [0.1, 0.15) is 16.8 Å². The molecule has 0 N–H and O–H groups in total. The second-order valence-electron chi connectivity index (χ2n) is 3.21. The van der Waals surface area contributed by atoms with Crippen LogP contribution in [-0.4, -0.2) is 25.0 Å². The molecule has 16 heavy (non-hydrogen) atoms. The summed E-state index contributed by atoms with van der Waals surface area (Å²) in [6.07, 6.45) is 0. The van der Waals surface area contributed by atoms with Gasteiger partial charge >= 0.3 is 0 Å². The monoisotopic (exact) mass is 269 g/mol. The Morgan fingerprint density at radius 2 is 2.00 bits per heavy atom. The average Bonchev–Trinajstić information content (AvgIpc) is 2.22. The first-order valence-electron chi connectivity index (χ1n) is 4.30. The van der Waals surface area contributed by atoms with E-state index in [-0.39, 0.29) is 12.1 Å². The van der Waals surface area contributed by atoms with E-state index in [1.54, 1.807) is 0 Å². The van der Waals surface area contributed by atoms with Crippen LogP contribution in [0.4, 0.5) is 8.78 Å². The first-order valence-corrected chi connectivity index (χ1v) is 6.45. The third-order valence-corrected chi connectivity index (χ3v) is 4.20. The summed E-state index contributed by atoms with van der Waals surface area (Å²) in [6.45, 7) is -0.179. The number of benzene rings is 1. The molecule has 0 saturated carbocycles. The lowest BCUT2D eigenvalue weighted by Gasteiger charge is -2.15. The van der Waals surface area contributed by atoms with Crippen LogP contribution in [0.5, 0.6) is 0 Å². The number of rotatable bonds is 4. The molecule has 0 aromatic heterocycles. The van der Waals surface area contributed by atoms with Crippen LogP contribution < -0.4 is 0 Å². The number of alkyl halides is 1. The second kappa shape index (κ2) is 5.07. The van der Waals surface area contributed by atoms with Crippen LogP contribution in [0, 0.1) is 11.6 Å². The highest BCUT2D eigenvalue weighted by atomic mass is 35.5. The van der Waals surface area contributed by atoms with E-state index >= 15 is 0 Å². The van der Waals surface area contributed by atoms with Gasteiger partial charge in [-0.2, -0.15) is 4.31 Å². The van der Waals surface area contributed by atoms with Gasteiger partial charge in [0.05, 0.1) is 0 Å². The van der Waals surface area contributed by atoms with Gasteiger partial charge in [-0.15, -0.1) is 11.6 Å². The molecule has 0 aliphatic carbocycles. The third kappa shape index (κ3) is 3.13. The van der Waals surface area contributed by atoms with E-state index in [4.69, 9.17) is 11.6 Å². The molecule has 0 radical (unpaired) electrons. The van der Waals surface area contributed by atoms with Crippen molar-refractivity contribution in [1.82, 2.24) is 4.31 Å². The van der Waals surface area contributed by atoms with Crippen molar-refractivity contribution in [1.29, 1.82) is 0 Å². The van der Waals surface area contributed by atoms with Gasteiger partial charge in [-0.1, -0.05) is 6.07 Å². The average molecular weight is 270 g/mol. The highest BCUT2D eigenvalue weighted by Gasteiger charge is 2.18. The summed E-state index contributed by atoms with van der Waals surface area (Å²) < 4.78 is 49.3.